The van der Waals surface area contributed by atoms with Crippen molar-refractivity contribution in [2.24, 2.45) is 5.73 Å². The Kier molecular flexibility index (Phi) is 4.86. The van der Waals surface area contributed by atoms with Gasteiger partial charge in [-0.2, -0.15) is 0 Å². The second kappa shape index (κ2) is 6.43. The highest BCUT2D eigenvalue weighted by molar-refractivity contribution is 5.61. The van der Waals surface area contributed by atoms with E-state index in [0.29, 0.717) is 0 Å². The van der Waals surface area contributed by atoms with Gasteiger partial charge in [0.15, 0.2) is 0 Å². The number of ether oxygens (including phenoxy) is 3. The molecule has 2 unspecified atom stereocenters. The highest BCUT2D eigenvalue weighted by Crippen LogP contribution is 2.35. The van der Waals surface area contributed by atoms with Gasteiger partial charge in [-0.1, -0.05) is 6.07 Å². The molecule has 2 rings (SSSR count). The zero-order valence-corrected chi connectivity index (χ0v) is 12.6. The maximum Gasteiger partial charge on any atom is 0.125 e. The van der Waals surface area contributed by atoms with E-state index in [2.05, 4.69) is 11.0 Å². The molecule has 1 aliphatic heterocycles. The largest absolute Gasteiger partial charge is 0.496 e. The lowest BCUT2D eigenvalue weighted by atomic mass is 10.0. The Balaban J connectivity index is 2.34. The summed E-state index contributed by atoms with van der Waals surface area (Å²) in [6.07, 6.45) is 0.152. The van der Waals surface area contributed by atoms with Crippen LogP contribution in [-0.4, -0.2) is 46.6 Å². The first kappa shape index (κ1) is 15.1. The molecule has 20 heavy (non-hydrogen) atoms. The molecule has 0 saturated carbocycles. The molecular weight excluding hydrogens is 256 g/mol. The summed E-state index contributed by atoms with van der Waals surface area (Å²) >= 11 is 0. The van der Waals surface area contributed by atoms with Crippen LogP contribution in [0.1, 0.15) is 18.5 Å². The number of nitrogens with zero attached hydrogens (tertiary/aromatic N) is 1. The van der Waals surface area contributed by atoms with Crippen LogP contribution < -0.4 is 15.4 Å². The fraction of sp³-hybridized carbons (Fsp3) is 0.600. The van der Waals surface area contributed by atoms with Crippen molar-refractivity contribution >= 4 is 5.69 Å². The standard InChI is InChI=1S/C15H24N2O3/c1-10(16)15-11(6-5-7-12(15)18-2)17-8-13(19-3)14(9-17)20-4/h5-7,10,13-14H,8-9,16H2,1-4H3/t10-,13?,14?/m0/s1. The monoisotopic (exact) mass is 280 g/mol. The Morgan fingerprint density at radius 2 is 1.75 bits per heavy atom. The molecule has 0 aromatic heterocycles. The van der Waals surface area contributed by atoms with Gasteiger partial charge in [-0.3, -0.25) is 0 Å². The second-order valence-electron chi connectivity index (χ2n) is 5.14. The van der Waals surface area contributed by atoms with Crippen molar-refractivity contribution in [1.29, 1.82) is 0 Å². The van der Waals surface area contributed by atoms with Crippen molar-refractivity contribution < 1.29 is 14.2 Å². The minimum absolute atomic E-state index is 0.0760. The summed E-state index contributed by atoms with van der Waals surface area (Å²) in [5.74, 6) is 0.826. The SMILES string of the molecule is COc1cccc(N2CC(OC)C(OC)C2)c1[C@H](C)N. The van der Waals surface area contributed by atoms with Crippen LogP contribution in [0.15, 0.2) is 18.2 Å². The Labute approximate surface area is 120 Å². The van der Waals surface area contributed by atoms with Gasteiger partial charge in [0.05, 0.1) is 7.11 Å². The lowest BCUT2D eigenvalue weighted by molar-refractivity contribution is -0.00461. The van der Waals surface area contributed by atoms with Crippen LogP contribution in [-0.2, 0) is 9.47 Å². The van der Waals surface area contributed by atoms with E-state index in [1.165, 1.54) is 0 Å². The highest BCUT2D eigenvalue weighted by Gasteiger charge is 2.34. The number of anilines is 1. The van der Waals surface area contributed by atoms with Gasteiger partial charge in [0.2, 0.25) is 0 Å². The summed E-state index contributed by atoms with van der Waals surface area (Å²) < 4.78 is 16.4. The number of nitrogens with two attached hydrogens (primary N) is 1. The maximum absolute atomic E-state index is 6.12. The zero-order chi connectivity index (χ0) is 14.7. The molecule has 1 fully saturated rings. The van der Waals surface area contributed by atoms with Crippen LogP contribution >= 0.6 is 0 Å². The van der Waals surface area contributed by atoms with Gasteiger partial charge in [-0.05, 0) is 19.1 Å². The normalized spacial score (nSPS) is 23.9. The smallest absolute Gasteiger partial charge is 0.125 e. The molecule has 1 aromatic carbocycles. The molecular formula is C15H24N2O3. The quantitative estimate of drug-likeness (QED) is 0.887. The predicted molar refractivity (Wildman–Crippen MR) is 79.4 cm³/mol. The molecule has 2 N–H and O–H groups in total. The van der Waals surface area contributed by atoms with Crippen molar-refractivity contribution in [1.82, 2.24) is 0 Å². The molecule has 1 aromatic rings. The van der Waals surface area contributed by atoms with Crippen LogP contribution in [0.25, 0.3) is 0 Å². The van der Waals surface area contributed by atoms with Crippen molar-refractivity contribution in [2.75, 3.05) is 39.3 Å². The van der Waals surface area contributed by atoms with Crippen molar-refractivity contribution in [3.63, 3.8) is 0 Å². The number of methoxy groups -OCH3 is 3. The minimum atomic E-state index is -0.0938. The minimum Gasteiger partial charge on any atom is -0.496 e. The van der Waals surface area contributed by atoms with Gasteiger partial charge in [0.1, 0.15) is 18.0 Å². The molecule has 1 saturated heterocycles. The van der Waals surface area contributed by atoms with Crippen molar-refractivity contribution in [3.05, 3.63) is 23.8 Å². The molecule has 0 radical (unpaired) electrons. The van der Waals surface area contributed by atoms with Gasteiger partial charge in [-0.15, -0.1) is 0 Å². The molecule has 3 atom stereocenters. The van der Waals surface area contributed by atoms with Gasteiger partial charge in [0.25, 0.3) is 0 Å². The van der Waals surface area contributed by atoms with E-state index in [-0.39, 0.29) is 18.2 Å². The van der Waals surface area contributed by atoms with E-state index in [4.69, 9.17) is 19.9 Å². The van der Waals surface area contributed by atoms with E-state index >= 15 is 0 Å². The number of hydrogen-bond donors (Lipinski definition) is 1. The van der Waals surface area contributed by atoms with E-state index in [1.807, 2.05) is 19.1 Å². The van der Waals surface area contributed by atoms with Crippen molar-refractivity contribution in [2.45, 2.75) is 25.2 Å². The van der Waals surface area contributed by atoms with E-state index < -0.39 is 0 Å². The third-order valence-electron chi connectivity index (χ3n) is 3.88. The van der Waals surface area contributed by atoms with Crippen molar-refractivity contribution in [3.8, 4) is 5.75 Å². The lowest BCUT2D eigenvalue weighted by Gasteiger charge is -2.25. The van der Waals surface area contributed by atoms with Crippen LogP contribution in [0.2, 0.25) is 0 Å². The van der Waals surface area contributed by atoms with Crippen LogP contribution in [0, 0.1) is 0 Å². The Morgan fingerprint density at radius 1 is 1.15 bits per heavy atom. The molecule has 1 heterocycles. The molecule has 5 heteroatoms. The fourth-order valence-corrected chi connectivity index (χ4v) is 2.84. The molecule has 0 spiro atoms. The fourth-order valence-electron chi connectivity index (χ4n) is 2.84. The lowest BCUT2D eigenvalue weighted by Crippen LogP contribution is -2.27. The number of benzene rings is 1. The first-order chi connectivity index (χ1) is 9.62. The maximum atomic E-state index is 6.12. The predicted octanol–water partition coefficient (Wildman–Crippen LogP) is 1.56. The average Bonchev–Trinajstić information content (AvgIpc) is 2.89. The van der Waals surface area contributed by atoms with E-state index in [0.717, 1.165) is 30.1 Å². The first-order valence-electron chi connectivity index (χ1n) is 6.85. The Hall–Kier alpha value is -1.30. The van der Waals surface area contributed by atoms with Gasteiger partial charge in [-0.25, -0.2) is 0 Å². The second-order valence-corrected chi connectivity index (χ2v) is 5.14. The summed E-state index contributed by atoms with van der Waals surface area (Å²) in [7, 11) is 5.11. The summed E-state index contributed by atoms with van der Waals surface area (Å²) in [4.78, 5) is 2.25. The summed E-state index contributed by atoms with van der Waals surface area (Å²) in [6, 6.07) is 5.91. The van der Waals surface area contributed by atoms with Crippen LogP contribution in [0.4, 0.5) is 5.69 Å². The first-order valence-corrected chi connectivity index (χ1v) is 6.85. The zero-order valence-electron chi connectivity index (χ0n) is 12.6. The summed E-state index contributed by atoms with van der Waals surface area (Å²) in [6.45, 7) is 3.56. The topological polar surface area (TPSA) is 57.0 Å². The average molecular weight is 280 g/mol. The molecule has 112 valence electrons. The number of hydrogen-bond acceptors (Lipinski definition) is 5. The van der Waals surface area contributed by atoms with E-state index in [9.17, 15) is 0 Å². The van der Waals surface area contributed by atoms with Crippen LogP contribution in [0.5, 0.6) is 5.75 Å². The highest BCUT2D eigenvalue weighted by atomic mass is 16.5. The number of rotatable bonds is 5. The third-order valence-corrected chi connectivity index (χ3v) is 3.88. The third kappa shape index (κ3) is 2.75. The van der Waals surface area contributed by atoms with E-state index in [1.54, 1.807) is 21.3 Å². The molecule has 5 nitrogen and oxygen atoms in total. The van der Waals surface area contributed by atoms with Gasteiger partial charge < -0.3 is 24.8 Å². The van der Waals surface area contributed by atoms with Gasteiger partial charge in [0, 0.05) is 44.6 Å². The van der Waals surface area contributed by atoms with Crippen LogP contribution in [0.3, 0.4) is 0 Å². The van der Waals surface area contributed by atoms with Gasteiger partial charge >= 0.3 is 0 Å². The Morgan fingerprint density at radius 3 is 2.20 bits per heavy atom. The molecule has 0 bridgehead atoms. The summed E-state index contributed by atoms with van der Waals surface area (Å²) in [5, 5.41) is 0. The Bertz CT molecular complexity index is 439. The molecule has 0 amide bonds. The summed E-state index contributed by atoms with van der Waals surface area (Å²) in [5.41, 5.74) is 8.25. The molecule has 1 aliphatic rings. The molecule has 0 aliphatic carbocycles.